The van der Waals surface area contributed by atoms with Crippen molar-refractivity contribution in [1.29, 1.82) is 3.56 Å². The van der Waals surface area contributed by atoms with Crippen LogP contribution in [0.25, 0.3) is 22.2 Å². The summed E-state index contributed by atoms with van der Waals surface area (Å²) in [6.45, 7) is 8.17. The van der Waals surface area contributed by atoms with Gasteiger partial charge in [0.1, 0.15) is 0 Å². The van der Waals surface area contributed by atoms with Crippen LogP contribution < -0.4 is 0 Å². The molecule has 0 spiro atoms. The van der Waals surface area contributed by atoms with Crippen LogP contribution in [0.15, 0.2) is 36.5 Å². The number of fused-ring (bicyclic) bond motifs is 2. The SMILES string of the molecule is Cc1cc(-c2[nH]c3ccc(C(=O)N4CC5CC(I=N)CC5C4)cc3c2C(C)C)ccn1. The summed E-state index contributed by atoms with van der Waals surface area (Å²) < 4.78 is 8.42. The highest BCUT2D eigenvalue weighted by molar-refractivity contribution is 14.1. The van der Waals surface area contributed by atoms with Crippen LogP contribution in [0.5, 0.6) is 0 Å². The molecule has 2 unspecified atom stereocenters. The number of aromatic nitrogens is 2. The number of nitrogens with zero attached hydrogens (tertiary/aromatic N) is 2. The molecule has 3 aromatic rings. The molecule has 2 aromatic heterocycles. The standard InChI is InChI=1S/C25H29IN4O/c1-14(2)23-21-11-17(25(31)30-12-18-9-20(26-27)10-19(18)13-30)4-5-22(21)29-24(23)16-6-7-28-15(3)8-16/h4-8,11,14,18-20,27,29H,9-10,12-13H2,1-3H3. The summed E-state index contributed by atoms with van der Waals surface area (Å²) in [7, 11) is 0. The van der Waals surface area contributed by atoms with Crippen LogP contribution in [-0.2, 0) is 0 Å². The smallest absolute Gasteiger partial charge is 0.253 e. The second-order valence-corrected chi connectivity index (χ2v) is 11.8. The van der Waals surface area contributed by atoms with Crippen molar-refractivity contribution in [3.05, 3.63) is 53.3 Å². The Morgan fingerprint density at radius 2 is 1.94 bits per heavy atom. The number of aromatic amines is 1. The van der Waals surface area contributed by atoms with E-state index in [1.54, 1.807) is 0 Å². The van der Waals surface area contributed by atoms with E-state index >= 15 is 0 Å². The molecule has 1 saturated heterocycles. The predicted molar refractivity (Wildman–Crippen MR) is 133 cm³/mol. The lowest BCUT2D eigenvalue weighted by Gasteiger charge is -2.18. The van der Waals surface area contributed by atoms with Crippen molar-refractivity contribution < 1.29 is 4.79 Å². The van der Waals surface area contributed by atoms with Crippen LogP contribution in [0.4, 0.5) is 0 Å². The van der Waals surface area contributed by atoms with Crippen LogP contribution in [0.2, 0.25) is 0 Å². The Morgan fingerprint density at radius 3 is 2.58 bits per heavy atom. The largest absolute Gasteiger partial charge is 0.354 e. The molecule has 6 heteroatoms. The summed E-state index contributed by atoms with van der Waals surface area (Å²) in [5.74, 6) is 1.72. The van der Waals surface area contributed by atoms with Gasteiger partial charge in [-0.3, -0.25) is 13.3 Å². The maximum Gasteiger partial charge on any atom is 0.253 e. The number of amides is 1. The number of carbonyl (C=O) groups excluding carboxylic acids is 1. The third-order valence-corrected chi connectivity index (χ3v) is 8.88. The molecule has 1 saturated carbocycles. The van der Waals surface area contributed by atoms with Gasteiger partial charge in [-0.1, -0.05) is 13.8 Å². The number of benzene rings is 1. The topological polar surface area (TPSA) is 72.8 Å². The maximum absolute atomic E-state index is 13.4. The summed E-state index contributed by atoms with van der Waals surface area (Å²) in [5, 5.41) is 1.14. The van der Waals surface area contributed by atoms with E-state index in [4.69, 9.17) is 3.56 Å². The molecule has 2 atom stereocenters. The van der Waals surface area contributed by atoms with Crippen molar-refractivity contribution in [1.82, 2.24) is 14.9 Å². The van der Waals surface area contributed by atoms with Gasteiger partial charge >= 0.3 is 0 Å². The number of hydrogen-bond donors (Lipinski definition) is 2. The van der Waals surface area contributed by atoms with Crippen LogP contribution in [0.3, 0.4) is 0 Å². The fraction of sp³-hybridized carbons (Fsp3) is 0.440. The lowest BCUT2D eigenvalue weighted by atomic mass is 9.95. The van der Waals surface area contributed by atoms with E-state index in [-0.39, 0.29) is 5.91 Å². The highest BCUT2D eigenvalue weighted by Crippen LogP contribution is 2.43. The molecule has 1 amide bonds. The Bertz CT molecular complexity index is 1150. The number of aryl methyl sites for hydroxylation is 1. The van der Waals surface area contributed by atoms with Crippen LogP contribution >= 0.6 is 21.0 Å². The molecule has 2 N–H and O–H groups in total. The van der Waals surface area contributed by atoms with Crippen LogP contribution in [0, 0.1) is 22.3 Å². The van der Waals surface area contributed by atoms with E-state index < -0.39 is 21.0 Å². The van der Waals surface area contributed by atoms with Gasteiger partial charge < -0.3 is 9.88 Å². The normalized spacial score (nSPS) is 23.1. The van der Waals surface area contributed by atoms with Gasteiger partial charge in [0, 0.05) is 50.9 Å². The lowest BCUT2D eigenvalue weighted by Crippen LogP contribution is -2.30. The number of hydrogen-bond acceptors (Lipinski definition) is 3. The minimum atomic E-state index is -0.409. The first-order valence-electron chi connectivity index (χ1n) is 11.1. The molecule has 1 aromatic carbocycles. The Hall–Kier alpha value is -2.09. The van der Waals surface area contributed by atoms with Crippen molar-refractivity contribution in [2.24, 2.45) is 11.8 Å². The molecule has 5 rings (SSSR count). The summed E-state index contributed by atoms with van der Waals surface area (Å²) in [6, 6.07) is 10.3. The zero-order valence-corrected chi connectivity index (χ0v) is 20.4. The van der Waals surface area contributed by atoms with Gasteiger partial charge in [-0.15, -0.1) is 0 Å². The summed E-state index contributed by atoms with van der Waals surface area (Å²) in [4.78, 5) is 23.3. The zero-order chi connectivity index (χ0) is 21.7. The predicted octanol–water partition coefficient (Wildman–Crippen LogP) is 6.25. The highest BCUT2D eigenvalue weighted by Gasteiger charge is 2.42. The first-order chi connectivity index (χ1) is 14.9. The van der Waals surface area contributed by atoms with Gasteiger partial charge in [0.2, 0.25) is 0 Å². The van der Waals surface area contributed by atoms with E-state index in [0.717, 1.165) is 59.3 Å². The second-order valence-electron chi connectivity index (χ2n) is 9.42. The van der Waals surface area contributed by atoms with E-state index in [9.17, 15) is 4.79 Å². The minimum absolute atomic E-state index is 0.158. The Morgan fingerprint density at radius 1 is 1.19 bits per heavy atom. The Labute approximate surface area is 193 Å². The monoisotopic (exact) mass is 528 g/mol. The number of halogens is 1. The third-order valence-electron chi connectivity index (χ3n) is 6.98. The summed E-state index contributed by atoms with van der Waals surface area (Å²) >= 11 is -0.409. The van der Waals surface area contributed by atoms with Crippen LogP contribution in [-0.4, -0.2) is 37.8 Å². The number of carbonyl (C=O) groups is 1. The molecular weight excluding hydrogens is 499 g/mol. The van der Waals surface area contributed by atoms with Gasteiger partial charge in [0.25, 0.3) is 5.91 Å². The fourth-order valence-corrected chi connectivity index (χ4v) is 7.35. The highest BCUT2D eigenvalue weighted by atomic mass is 127. The number of alkyl halides is 1. The Balaban J connectivity index is 1.48. The number of likely N-dealkylation sites (tertiary alicyclic amines) is 1. The molecule has 0 bridgehead atoms. The van der Waals surface area contributed by atoms with Gasteiger partial charge in [-0.2, -0.15) is 0 Å². The number of nitrogens with one attached hydrogen (secondary N) is 2. The van der Waals surface area contributed by atoms with Crippen molar-refractivity contribution >= 4 is 37.8 Å². The molecule has 2 aliphatic rings. The summed E-state index contributed by atoms with van der Waals surface area (Å²) in [5.41, 5.74) is 6.38. The molecular formula is C25H29IN4O. The molecule has 162 valence electrons. The van der Waals surface area contributed by atoms with Crippen molar-refractivity contribution in [3.8, 4) is 11.3 Å². The van der Waals surface area contributed by atoms with Crippen LogP contribution in [0.1, 0.15) is 54.2 Å². The first-order valence-corrected chi connectivity index (χ1v) is 13.4. The lowest BCUT2D eigenvalue weighted by molar-refractivity contribution is 0.0781. The van der Waals surface area contributed by atoms with Gasteiger partial charge in [-0.25, -0.2) is 0 Å². The minimum Gasteiger partial charge on any atom is -0.354 e. The number of rotatable bonds is 4. The molecule has 1 aliphatic carbocycles. The molecule has 31 heavy (non-hydrogen) atoms. The second kappa shape index (κ2) is 8.11. The number of pyridine rings is 1. The average molecular weight is 528 g/mol. The average Bonchev–Trinajstić information content (AvgIpc) is 3.43. The molecule has 1 aliphatic heterocycles. The van der Waals surface area contributed by atoms with E-state index in [0.29, 0.717) is 21.7 Å². The molecule has 5 nitrogen and oxygen atoms in total. The molecule has 2 fully saturated rings. The quantitative estimate of drug-likeness (QED) is 0.311. The Kier molecular flexibility index (Phi) is 5.44. The molecule has 3 heterocycles. The number of H-pyrrole nitrogens is 1. The van der Waals surface area contributed by atoms with Crippen molar-refractivity contribution in [2.75, 3.05) is 13.1 Å². The maximum atomic E-state index is 13.4. The third kappa shape index (κ3) is 3.73. The van der Waals surface area contributed by atoms with E-state index in [1.807, 2.05) is 25.3 Å². The van der Waals surface area contributed by atoms with Crippen molar-refractivity contribution in [3.63, 3.8) is 0 Å². The summed E-state index contributed by atoms with van der Waals surface area (Å²) in [6.07, 6.45) is 4.18. The van der Waals surface area contributed by atoms with E-state index in [1.165, 1.54) is 5.56 Å². The first kappa shape index (κ1) is 20.8. The zero-order valence-electron chi connectivity index (χ0n) is 18.3. The van der Waals surface area contributed by atoms with Gasteiger partial charge in [0.05, 0.1) is 5.69 Å². The van der Waals surface area contributed by atoms with Gasteiger partial charge in [-0.05, 0) is 94.4 Å². The fourth-order valence-electron chi connectivity index (χ4n) is 5.54. The van der Waals surface area contributed by atoms with Crippen molar-refractivity contribution in [2.45, 2.75) is 43.5 Å². The van der Waals surface area contributed by atoms with E-state index in [2.05, 4.69) is 46.9 Å². The molecule has 0 radical (unpaired) electrons. The van der Waals surface area contributed by atoms with Gasteiger partial charge in [0.15, 0.2) is 0 Å².